The molecule has 0 aliphatic carbocycles. The Morgan fingerprint density at radius 3 is 3.00 bits per heavy atom. The Morgan fingerprint density at radius 1 is 1.59 bits per heavy atom. The van der Waals surface area contributed by atoms with Crippen molar-refractivity contribution in [2.45, 2.75) is 13.5 Å². The first kappa shape index (κ1) is 11.9. The third-order valence-corrected chi connectivity index (χ3v) is 4.19. The summed E-state index contributed by atoms with van der Waals surface area (Å²) in [5.74, 6) is 0.331. The summed E-state index contributed by atoms with van der Waals surface area (Å²) in [6, 6.07) is 6.24. The van der Waals surface area contributed by atoms with Crippen LogP contribution in [-0.2, 0) is 6.54 Å². The Morgan fingerprint density at radius 2 is 2.41 bits per heavy atom. The zero-order valence-electron chi connectivity index (χ0n) is 9.38. The number of nitrogens with two attached hydrogens (primary N) is 1. The summed E-state index contributed by atoms with van der Waals surface area (Å²) in [6.07, 6.45) is 0. The van der Waals surface area contributed by atoms with Crippen LogP contribution in [0.2, 0.25) is 0 Å². The van der Waals surface area contributed by atoms with Crippen molar-refractivity contribution < 1.29 is 0 Å². The molecule has 0 aliphatic heterocycles. The normalized spacial score (nSPS) is 10.1. The molecule has 88 valence electrons. The predicted molar refractivity (Wildman–Crippen MR) is 72.3 cm³/mol. The van der Waals surface area contributed by atoms with E-state index in [1.54, 1.807) is 11.3 Å². The van der Waals surface area contributed by atoms with Gasteiger partial charge in [0, 0.05) is 11.4 Å². The average molecular weight is 264 g/mol. The summed E-state index contributed by atoms with van der Waals surface area (Å²) in [4.78, 5) is 3.39. The van der Waals surface area contributed by atoms with Crippen molar-refractivity contribution in [3.8, 4) is 6.07 Å². The van der Waals surface area contributed by atoms with Crippen molar-refractivity contribution in [2.24, 2.45) is 0 Å². The fraction of sp³-hybridized carbons (Fsp3) is 0.273. The van der Waals surface area contributed by atoms with Gasteiger partial charge in [-0.2, -0.15) is 9.64 Å². The van der Waals surface area contributed by atoms with E-state index in [1.807, 2.05) is 6.07 Å². The van der Waals surface area contributed by atoms with Gasteiger partial charge in [-0.05, 0) is 29.9 Å². The lowest BCUT2D eigenvalue weighted by molar-refractivity contribution is 0.851. The van der Waals surface area contributed by atoms with Crippen LogP contribution in [0.25, 0.3) is 0 Å². The third-order valence-electron chi connectivity index (χ3n) is 2.41. The van der Waals surface area contributed by atoms with Crippen molar-refractivity contribution in [1.29, 1.82) is 5.26 Å². The molecule has 0 saturated carbocycles. The van der Waals surface area contributed by atoms with E-state index in [2.05, 4.69) is 33.7 Å². The molecule has 0 atom stereocenters. The van der Waals surface area contributed by atoms with Gasteiger partial charge in [-0.15, -0.1) is 11.3 Å². The molecular formula is C11H12N4S2. The average Bonchev–Trinajstić information content (AvgIpc) is 2.95. The van der Waals surface area contributed by atoms with Crippen LogP contribution in [0.15, 0.2) is 17.5 Å². The van der Waals surface area contributed by atoms with E-state index in [-0.39, 0.29) is 0 Å². The maximum atomic E-state index is 9.07. The van der Waals surface area contributed by atoms with Crippen LogP contribution in [0.3, 0.4) is 0 Å². The molecular weight excluding hydrogens is 252 g/mol. The van der Waals surface area contributed by atoms with E-state index >= 15 is 0 Å². The number of hydrogen-bond donors (Lipinski definition) is 1. The molecule has 0 spiro atoms. The largest absolute Gasteiger partial charge is 0.382 e. The van der Waals surface area contributed by atoms with E-state index in [1.165, 1.54) is 16.4 Å². The molecule has 0 aliphatic rings. The molecule has 2 aromatic rings. The fourth-order valence-corrected chi connectivity index (χ4v) is 3.08. The summed E-state index contributed by atoms with van der Waals surface area (Å²) in [6.45, 7) is 3.68. The van der Waals surface area contributed by atoms with E-state index in [0.717, 1.165) is 18.1 Å². The molecule has 0 bridgehead atoms. The molecule has 2 N–H and O–H groups in total. The number of aromatic nitrogens is 1. The minimum atomic E-state index is 0.331. The van der Waals surface area contributed by atoms with Gasteiger partial charge in [0.2, 0.25) is 0 Å². The van der Waals surface area contributed by atoms with Crippen LogP contribution in [-0.4, -0.2) is 10.9 Å². The number of nitrogen functional groups attached to an aromatic ring is 1. The van der Waals surface area contributed by atoms with Gasteiger partial charge in [0.25, 0.3) is 0 Å². The van der Waals surface area contributed by atoms with Crippen molar-refractivity contribution in [2.75, 3.05) is 17.2 Å². The zero-order valence-corrected chi connectivity index (χ0v) is 11.0. The molecule has 0 fully saturated rings. The van der Waals surface area contributed by atoms with E-state index in [9.17, 15) is 0 Å². The smallest absolute Gasteiger partial charge is 0.157 e. The number of hydrogen-bond acceptors (Lipinski definition) is 6. The van der Waals surface area contributed by atoms with Gasteiger partial charge >= 0.3 is 0 Å². The molecule has 0 aromatic carbocycles. The fourth-order valence-electron chi connectivity index (χ4n) is 1.53. The summed E-state index contributed by atoms with van der Waals surface area (Å²) in [5.41, 5.74) is 6.16. The van der Waals surface area contributed by atoms with Gasteiger partial charge in [-0.3, -0.25) is 0 Å². The maximum absolute atomic E-state index is 9.07. The SMILES string of the molecule is CCN(Cc1cccs1)c1snc(N)c1C#N. The lowest BCUT2D eigenvalue weighted by Crippen LogP contribution is -2.21. The summed E-state index contributed by atoms with van der Waals surface area (Å²) in [7, 11) is 0. The molecule has 2 heterocycles. The van der Waals surface area contributed by atoms with Crippen LogP contribution < -0.4 is 10.6 Å². The highest BCUT2D eigenvalue weighted by atomic mass is 32.1. The highest BCUT2D eigenvalue weighted by molar-refractivity contribution is 7.11. The Labute approximate surface area is 108 Å². The molecule has 17 heavy (non-hydrogen) atoms. The minimum Gasteiger partial charge on any atom is -0.382 e. The molecule has 0 saturated heterocycles. The first-order chi connectivity index (χ1) is 8.26. The number of anilines is 2. The van der Waals surface area contributed by atoms with E-state index in [0.29, 0.717) is 11.4 Å². The van der Waals surface area contributed by atoms with Gasteiger partial charge in [0.15, 0.2) is 5.82 Å². The molecule has 4 nitrogen and oxygen atoms in total. The van der Waals surface area contributed by atoms with Gasteiger partial charge in [0.05, 0.1) is 6.54 Å². The van der Waals surface area contributed by atoms with Crippen molar-refractivity contribution >= 4 is 33.7 Å². The maximum Gasteiger partial charge on any atom is 0.157 e. The van der Waals surface area contributed by atoms with Crippen LogP contribution in [0.1, 0.15) is 17.4 Å². The topological polar surface area (TPSA) is 65.9 Å². The molecule has 2 rings (SSSR count). The van der Waals surface area contributed by atoms with E-state index < -0.39 is 0 Å². The number of nitrogens with zero attached hydrogens (tertiary/aromatic N) is 3. The Hall–Kier alpha value is -1.58. The quantitative estimate of drug-likeness (QED) is 0.922. The van der Waals surface area contributed by atoms with Gasteiger partial charge < -0.3 is 10.6 Å². The lowest BCUT2D eigenvalue weighted by atomic mass is 10.3. The second-order valence-corrected chi connectivity index (χ2v) is 5.24. The van der Waals surface area contributed by atoms with Crippen LogP contribution in [0.4, 0.5) is 10.8 Å². The molecule has 0 unspecified atom stereocenters. The van der Waals surface area contributed by atoms with Crippen molar-refractivity contribution in [3.63, 3.8) is 0 Å². The molecule has 6 heteroatoms. The van der Waals surface area contributed by atoms with Crippen molar-refractivity contribution in [3.05, 3.63) is 28.0 Å². The Kier molecular flexibility index (Phi) is 3.61. The third kappa shape index (κ3) is 2.40. The summed E-state index contributed by atoms with van der Waals surface area (Å²) in [5, 5.41) is 12.0. The minimum absolute atomic E-state index is 0.331. The summed E-state index contributed by atoms with van der Waals surface area (Å²) >= 11 is 3.00. The first-order valence-electron chi connectivity index (χ1n) is 5.18. The summed E-state index contributed by atoms with van der Waals surface area (Å²) < 4.78 is 4.04. The van der Waals surface area contributed by atoms with Gasteiger partial charge in [-0.1, -0.05) is 6.07 Å². The Balaban J connectivity index is 2.26. The standard InChI is InChI=1S/C11H12N4S2/c1-2-15(7-8-4-3-5-16-8)11-9(6-12)10(13)14-17-11/h3-5H,2,7H2,1H3,(H2,13,14). The predicted octanol–water partition coefficient (Wildman–Crippen LogP) is 2.68. The first-order valence-corrected chi connectivity index (χ1v) is 6.84. The highest BCUT2D eigenvalue weighted by Gasteiger charge is 2.17. The monoisotopic (exact) mass is 264 g/mol. The highest BCUT2D eigenvalue weighted by Crippen LogP contribution is 2.31. The number of nitriles is 1. The van der Waals surface area contributed by atoms with Crippen LogP contribution >= 0.6 is 22.9 Å². The zero-order chi connectivity index (χ0) is 12.3. The van der Waals surface area contributed by atoms with Crippen molar-refractivity contribution in [1.82, 2.24) is 4.37 Å². The second-order valence-electron chi connectivity index (χ2n) is 3.45. The van der Waals surface area contributed by atoms with Gasteiger partial charge in [-0.25, -0.2) is 0 Å². The number of rotatable bonds is 4. The van der Waals surface area contributed by atoms with E-state index in [4.69, 9.17) is 11.0 Å². The second kappa shape index (κ2) is 5.17. The molecule has 2 aromatic heterocycles. The van der Waals surface area contributed by atoms with Gasteiger partial charge in [0.1, 0.15) is 16.6 Å². The molecule has 0 amide bonds. The van der Waals surface area contributed by atoms with Crippen LogP contribution in [0, 0.1) is 11.3 Å². The lowest BCUT2D eigenvalue weighted by Gasteiger charge is -2.20. The Bertz CT molecular complexity index is 524. The number of thiophene rings is 1. The van der Waals surface area contributed by atoms with Crippen LogP contribution in [0.5, 0.6) is 0 Å². The molecule has 0 radical (unpaired) electrons.